The molecule has 0 spiro atoms. The SMILES string of the molecule is CC[C@H](O)CCc1ccco1. The van der Waals surface area contributed by atoms with Gasteiger partial charge >= 0.3 is 0 Å². The summed E-state index contributed by atoms with van der Waals surface area (Å²) < 4.78 is 5.12. The maximum atomic E-state index is 9.22. The Morgan fingerprint density at radius 1 is 1.64 bits per heavy atom. The van der Waals surface area contributed by atoms with E-state index in [0.717, 1.165) is 25.0 Å². The van der Waals surface area contributed by atoms with Crippen LogP contribution in [0.4, 0.5) is 0 Å². The first-order valence-corrected chi connectivity index (χ1v) is 4.03. The number of furan rings is 1. The van der Waals surface area contributed by atoms with E-state index < -0.39 is 0 Å². The van der Waals surface area contributed by atoms with Gasteiger partial charge in [0.25, 0.3) is 0 Å². The third-order valence-electron chi connectivity index (χ3n) is 1.78. The lowest BCUT2D eigenvalue weighted by molar-refractivity contribution is 0.158. The van der Waals surface area contributed by atoms with Crippen LogP contribution < -0.4 is 0 Å². The molecule has 1 atom stereocenters. The van der Waals surface area contributed by atoms with Crippen LogP contribution in [0.5, 0.6) is 0 Å². The van der Waals surface area contributed by atoms with Crippen molar-refractivity contribution in [2.24, 2.45) is 0 Å². The smallest absolute Gasteiger partial charge is 0.103 e. The van der Waals surface area contributed by atoms with Crippen molar-refractivity contribution in [3.63, 3.8) is 0 Å². The van der Waals surface area contributed by atoms with Crippen LogP contribution in [-0.4, -0.2) is 11.2 Å². The van der Waals surface area contributed by atoms with Crippen LogP contribution in [-0.2, 0) is 6.42 Å². The van der Waals surface area contributed by atoms with Crippen molar-refractivity contribution >= 4 is 0 Å². The minimum Gasteiger partial charge on any atom is -0.469 e. The van der Waals surface area contributed by atoms with Gasteiger partial charge in [-0.25, -0.2) is 0 Å². The molecule has 1 N–H and O–H groups in total. The van der Waals surface area contributed by atoms with Crippen LogP contribution in [0.1, 0.15) is 25.5 Å². The van der Waals surface area contributed by atoms with E-state index in [-0.39, 0.29) is 6.10 Å². The molecule has 0 radical (unpaired) electrons. The molecule has 0 amide bonds. The molecule has 0 aliphatic carbocycles. The lowest BCUT2D eigenvalue weighted by Crippen LogP contribution is -2.04. The molecule has 0 fully saturated rings. The maximum Gasteiger partial charge on any atom is 0.103 e. The Morgan fingerprint density at radius 2 is 2.45 bits per heavy atom. The van der Waals surface area contributed by atoms with Crippen molar-refractivity contribution in [2.75, 3.05) is 0 Å². The molecule has 1 heterocycles. The van der Waals surface area contributed by atoms with Gasteiger partial charge in [-0.2, -0.15) is 0 Å². The molecule has 62 valence electrons. The lowest BCUT2D eigenvalue weighted by atomic mass is 10.1. The third kappa shape index (κ3) is 2.76. The highest BCUT2D eigenvalue weighted by Crippen LogP contribution is 2.06. The molecular formula is C9H14O2. The fourth-order valence-corrected chi connectivity index (χ4v) is 0.968. The number of aliphatic hydroxyl groups is 1. The first-order chi connectivity index (χ1) is 5.33. The summed E-state index contributed by atoms with van der Waals surface area (Å²) in [5.41, 5.74) is 0. The second-order valence-electron chi connectivity index (χ2n) is 2.68. The summed E-state index contributed by atoms with van der Waals surface area (Å²) in [6.07, 6.45) is 3.93. The van der Waals surface area contributed by atoms with E-state index in [9.17, 15) is 5.11 Å². The summed E-state index contributed by atoms with van der Waals surface area (Å²) in [5.74, 6) is 0.956. The summed E-state index contributed by atoms with van der Waals surface area (Å²) in [6.45, 7) is 1.98. The Kier molecular flexibility index (Phi) is 3.17. The molecule has 0 aromatic carbocycles. The molecule has 0 saturated carbocycles. The van der Waals surface area contributed by atoms with Crippen molar-refractivity contribution in [2.45, 2.75) is 32.3 Å². The summed E-state index contributed by atoms with van der Waals surface area (Å²) in [4.78, 5) is 0. The van der Waals surface area contributed by atoms with Crippen LogP contribution in [0.2, 0.25) is 0 Å². The average Bonchev–Trinajstić information content (AvgIpc) is 2.52. The normalized spacial score (nSPS) is 13.3. The largest absolute Gasteiger partial charge is 0.469 e. The highest BCUT2D eigenvalue weighted by Gasteiger charge is 2.02. The standard InChI is InChI=1S/C9H14O2/c1-2-8(10)5-6-9-4-3-7-11-9/h3-4,7-8,10H,2,5-6H2,1H3/t8-/m0/s1. The van der Waals surface area contributed by atoms with Crippen molar-refractivity contribution in [3.05, 3.63) is 24.2 Å². The van der Waals surface area contributed by atoms with Crippen LogP contribution >= 0.6 is 0 Å². The van der Waals surface area contributed by atoms with Gasteiger partial charge < -0.3 is 9.52 Å². The maximum absolute atomic E-state index is 9.22. The van der Waals surface area contributed by atoms with E-state index in [2.05, 4.69) is 0 Å². The van der Waals surface area contributed by atoms with E-state index in [1.807, 2.05) is 19.1 Å². The Balaban J connectivity index is 2.23. The molecule has 2 heteroatoms. The number of rotatable bonds is 4. The minimum atomic E-state index is -0.180. The van der Waals surface area contributed by atoms with Gasteiger partial charge in [0.1, 0.15) is 5.76 Å². The quantitative estimate of drug-likeness (QED) is 0.719. The number of hydrogen-bond acceptors (Lipinski definition) is 2. The lowest BCUT2D eigenvalue weighted by Gasteiger charge is -2.04. The molecule has 0 saturated heterocycles. The predicted molar refractivity (Wildman–Crippen MR) is 43.3 cm³/mol. The van der Waals surface area contributed by atoms with Gasteiger partial charge in [0, 0.05) is 6.42 Å². The summed E-state index contributed by atoms with van der Waals surface area (Å²) >= 11 is 0. The second-order valence-corrected chi connectivity index (χ2v) is 2.68. The topological polar surface area (TPSA) is 33.4 Å². The highest BCUT2D eigenvalue weighted by atomic mass is 16.3. The summed E-state index contributed by atoms with van der Waals surface area (Å²) in [7, 11) is 0. The van der Waals surface area contributed by atoms with E-state index >= 15 is 0 Å². The molecule has 1 rings (SSSR count). The molecule has 0 unspecified atom stereocenters. The summed E-state index contributed by atoms with van der Waals surface area (Å²) in [5, 5.41) is 9.22. The summed E-state index contributed by atoms with van der Waals surface area (Å²) in [6, 6.07) is 3.80. The Bertz CT molecular complexity index is 179. The van der Waals surface area contributed by atoms with Gasteiger partial charge in [-0.3, -0.25) is 0 Å². The van der Waals surface area contributed by atoms with Crippen molar-refractivity contribution in [1.29, 1.82) is 0 Å². The van der Waals surface area contributed by atoms with Crippen LogP contribution in [0, 0.1) is 0 Å². The minimum absolute atomic E-state index is 0.180. The molecule has 2 nitrogen and oxygen atoms in total. The van der Waals surface area contributed by atoms with Gasteiger partial charge in [0.05, 0.1) is 12.4 Å². The van der Waals surface area contributed by atoms with Gasteiger partial charge in [0.15, 0.2) is 0 Å². The Morgan fingerprint density at radius 3 is 3.00 bits per heavy atom. The predicted octanol–water partition coefficient (Wildman–Crippen LogP) is 1.98. The highest BCUT2D eigenvalue weighted by molar-refractivity contribution is 4.98. The van der Waals surface area contributed by atoms with Crippen LogP contribution in [0.3, 0.4) is 0 Å². The fourth-order valence-electron chi connectivity index (χ4n) is 0.968. The molecule has 0 aliphatic rings. The first kappa shape index (κ1) is 8.34. The second kappa shape index (κ2) is 4.19. The Hall–Kier alpha value is -0.760. The van der Waals surface area contributed by atoms with Gasteiger partial charge in [-0.05, 0) is 25.0 Å². The zero-order valence-electron chi connectivity index (χ0n) is 6.79. The zero-order valence-corrected chi connectivity index (χ0v) is 6.79. The third-order valence-corrected chi connectivity index (χ3v) is 1.78. The molecular weight excluding hydrogens is 140 g/mol. The Labute approximate surface area is 66.8 Å². The van der Waals surface area contributed by atoms with Crippen molar-refractivity contribution in [3.8, 4) is 0 Å². The van der Waals surface area contributed by atoms with Gasteiger partial charge in [-0.1, -0.05) is 6.92 Å². The van der Waals surface area contributed by atoms with Crippen molar-refractivity contribution < 1.29 is 9.52 Å². The monoisotopic (exact) mass is 154 g/mol. The van der Waals surface area contributed by atoms with Crippen LogP contribution in [0.25, 0.3) is 0 Å². The zero-order chi connectivity index (χ0) is 8.10. The molecule has 11 heavy (non-hydrogen) atoms. The van der Waals surface area contributed by atoms with Crippen molar-refractivity contribution in [1.82, 2.24) is 0 Å². The van der Waals surface area contributed by atoms with Crippen LogP contribution in [0.15, 0.2) is 22.8 Å². The number of aryl methyl sites for hydroxylation is 1. The number of aliphatic hydroxyl groups excluding tert-OH is 1. The molecule has 0 bridgehead atoms. The van der Waals surface area contributed by atoms with Gasteiger partial charge in [-0.15, -0.1) is 0 Å². The van der Waals surface area contributed by atoms with E-state index in [1.54, 1.807) is 6.26 Å². The molecule has 0 aliphatic heterocycles. The number of hydrogen-bond donors (Lipinski definition) is 1. The van der Waals surface area contributed by atoms with E-state index in [0.29, 0.717) is 0 Å². The van der Waals surface area contributed by atoms with E-state index in [4.69, 9.17) is 4.42 Å². The first-order valence-electron chi connectivity index (χ1n) is 4.03. The van der Waals surface area contributed by atoms with Gasteiger partial charge in [0.2, 0.25) is 0 Å². The van der Waals surface area contributed by atoms with E-state index in [1.165, 1.54) is 0 Å². The average molecular weight is 154 g/mol. The molecule has 1 aromatic heterocycles. The fraction of sp³-hybridized carbons (Fsp3) is 0.556. The molecule has 1 aromatic rings.